The second-order valence-corrected chi connectivity index (χ2v) is 10.9. The lowest BCUT2D eigenvalue weighted by Gasteiger charge is -2.13. The number of benzene rings is 1. The molecule has 3 atom stereocenters. The predicted octanol–water partition coefficient (Wildman–Crippen LogP) is 1.85. The molecule has 2 aromatic heterocycles. The summed E-state index contributed by atoms with van der Waals surface area (Å²) in [4.78, 5) is 21.5. The highest BCUT2D eigenvalue weighted by Gasteiger charge is 2.35. The number of hydrogen-bond donors (Lipinski definition) is 2. The molecule has 0 saturated heterocycles. The lowest BCUT2D eigenvalue weighted by atomic mass is 9.96. The van der Waals surface area contributed by atoms with Crippen LogP contribution in [0.3, 0.4) is 0 Å². The molecule has 0 unspecified atom stereocenters. The van der Waals surface area contributed by atoms with E-state index in [2.05, 4.69) is 19.2 Å². The summed E-state index contributed by atoms with van der Waals surface area (Å²) in [5.41, 5.74) is 1.91. The summed E-state index contributed by atoms with van der Waals surface area (Å²) < 4.78 is 42.4. The van der Waals surface area contributed by atoms with Crippen molar-refractivity contribution in [1.29, 1.82) is 0 Å². The van der Waals surface area contributed by atoms with Crippen LogP contribution < -0.4 is 5.14 Å². The molecule has 1 aliphatic carbocycles. The molecule has 4 rings (SSSR count). The first-order valence-electron chi connectivity index (χ1n) is 10.7. The molecule has 0 amide bonds. The molecule has 1 saturated carbocycles. The number of rotatable bonds is 9. The van der Waals surface area contributed by atoms with Crippen LogP contribution in [0.4, 0.5) is 4.39 Å². The highest BCUT2D eigenvalue weighted by Crippen LogP contribution is 2.34. The monoisotopic (exact) mass is 615 g/mol. The average Bonchev–Trinajstić information content (AvgIpc) is 3.40. The molecular formula is C22H23FIN5O5S. The number of carbonyl (C=O) groups is 1. The van der Waals surface area contributed by atoms with Crippen LogP contribution in [0.25, 0.3) is 0 Å². The van der Waals surface area contributed by atoms with Gasteiger partial charge in [0.15, 0.2) is 0 Å². The number of hydrogen-bond acceptors (Lipinski definition) is 8. The lowest BCUT2D eigenvalue weighted by Crippen LogP contribution is -2.24. The van der Waals surface area contributed by atoms with E-state index in [1.165, 1.54) is 18.6 Å². The number of halogens is 2. The van der Waals surface area contributed by atoms with Gasteiger partial charge in [-0.05, 0) is 71.5 Å². The third-order valence-electron chi connectivity index (χ3n) is 5.92. The van der Waals surface area contributed by atoms with E-state index in [9.17, 15) is 22.7 Å². The van der Waals surface area contributed by atoms with Crippen molar-refractivity contribution in [1.82, 2.24) is 19.7 Å². The van der Waals surface area contributed by atoms with Crippen molar-refractivity contribution in [2.75, 3.05) is 6.61 Å². The summed E-state index contributed by atoms with van der Waals surface area (Å²) in [5, 5.41) is 19.5. The summed E-state index contributed by atoms with van der Waals surface area (Å²) in [5.74, 6) is -1.04. The minimum absolute atomic E-state index is 0.0287. The maximum atomic E-state index is 13.5. The Kier molecular flexibility index (Phi) is 7.90. The van der Waals surface area contributed by atoms with E-state index in [4.69, 9.17) is 5.14 Å². The van der Waals surface area contributed by atoms with Crippen LogP contribution in [0.1, 0.15) is 40.2 Å². The van der Waals surface area contributed by atoms with Gasteiger partial charge in [0.2, 0.25) is 5.78 Å². The summed E-state index contributed by atoms with van der Waals surface area (Å²) in [6.45, 7) is 0.181. The smallest absolute Gasteiger partial charge is 0.333 e. The zero-order chi connectivity index (χ0) is 25.2. The molecule has 3 aromatic rings. The molecule has 0 spiro atoms. The first kappa shape index (κ1) is 25.8. The molecule has 10 nitrogen and oxygen atoms in total. The lowest BCUT2D eigenvalue weighted by molar-refractivity contribution is 0.100. The average molecular weight is 615 g/mol. The van der Waals surface area contributed by atoms with Gasteiger partial charge in [-0.15, -0.1) is 0 Å². The molecular weight excluding hydrogens is 592 g/mol. The molecule has 35 heavy (non-hydrogen) atoms. The van der Waals surface area contributed by atoms with Crippen LogP contribution in [0.15, 0.2) is 43.0 Å². The van der Waals surface area contributed by atoms with Gasteiger partial charge in [-0.25, -0.2) is 19.5 Å². The Labute approximate surface area is 215 Å². The number of aliphatic hydroxyl groups excluding tert-OH is 1. The SMILES string of the molecule is NS(=O)(=O)OC[C@H]1C[C@@H](Cc2ncncc2C(=O)c2ccn(Cc3ccc(F)c(I)c3)n2)C[C@@H]1O. The largest absolute Gasteiger partial charge is 0.393 e. The van der Waals surface area contributed by atoms with Crippen LogP contribution in [0.5, 0.6) is 0 Å². The Balaban J connectivity index is 1.44. The van der Waals surface area contributed by atoms with Gasteiger partial charge in [-0.1, -0.05) is 6.07 Å². The standard InChI is InChI=1S/C22H23FIN5O5S/c23-17-2-1-13(6-18(17)24)10-29-4-3-19(28-29)22(31)16-9-26-12-27-20(16)7-14-5-15(21(30)8-14)11-34-35(25,32)33/h1-4,6,9,12,14-15,21,30H,5,7-8,10-11H2,(H2,25,32,33)/t14-,15+,21-/m0/s1. The number of aliphatic hydroxyl groups is 1. The first-order valence-corrected chi connectivity index (χ1v) is 13.3. The number of nitrogens with two attached hydrogens (primary N) is 1. The Hall–Kier alpha value is -2.33. The van der Waals surface area contributed by atoms with Crippen molar-refractivity contribution >= 4 is 38.7 Å². The molecule has 186 valence electrons. The molecule has 0 bridgehead atoms. The van der Waals surface area contributed by atoms with Crippen LogP contribution >= 0.6 is 22.6 Å². The number of carbonyl (C=O) groups excluding carboxylic acids is 1. The number of ketones is 1. The molecule has 2 heterocycles. The fraction of sp³-hybridized carbons (Fsp3) is 0.364. The topological polar surface area (TPSA) is 150 Å². The van der Waals surface area contributed by atoms with Gasteiger partial charge < -0.3 is 5.11 Å². The van der Waals surface area contributed by atoms with Gasteiger partial charge in [0.25, 0.3) is 0 Å². The molecule has 1 aliphatic rings. The van der Waals surface area contributed by atoms with Crippen LogP contribution in [-0.4, -0.2) is 51.8 Å². The molecule has 13 heteroatoms. The van der Waals surface area contributed by atoms with Gasteiger partial charge in [-0.2, -0.15) is 13.5 Å². The van der Waals surface area contributed by atoms with Gasteiger partial charge in [0, 0.05) is 21.9 Å². The molecule has 1 fully saturated rings. The molecule has 3 N–H and O–H groups in total. The van der Waals surface area contributed by atoms with Gasteiger partial charge >= 0.3 is 10.3 Å². The van der Waals surface area contributed by atoms with Crippen LogP contribution in [-0.2, 0) is 27.5 Å². The third kappa shape index (κ3) is 6.67. The normalized spacial score (nSPS) is 20.3. The van der Waals surface area contributed by atoms with Crippen molar-refractivity contribution in [3.63, 3.8) is 0 Å². The predicted molar refractivity (Wildman–Crippen MR) is 131 cm³/mol. The second-order valence-electron chi connectivity index (χ2n) is 8.51. The van der Waals surface area contributed by atoms with Gasteiger partial charge in [0.1, 0.15) is 17.8 Å². The third-order valence-corrected chi connectivity index (χ3v) is 7.22. The first-order chi connectivity index (χ1) is 16.6. The minimum atomic E-state index is -4.08. The van der Waals surface area contributed by atoms with E-state index in [0.29, 0.717) is 40.6 Å². The van der Waals surface area contributed by atoms with Gasteiger partial charge in [0.05, 0.1) is 30.5 Å². The zero-order valence-corrected chi connectivity index (χ0v) is 21.4. The highest BCUT2D eigenvalue weighted by atomic mass is 127. The van der Waals surface area contributed by atoms with Crippen LogP contribution in [0, 0.1) is 21.2 Å². The Morgan fingerprint density at radius 3 is 2.86 bits per heavy atom. The Morgan fingerprint density at radius 2 is 2.11 bits per heavy atom. The highest BCUT2D eigenvalue weighted by molar-refractivity contribution is 14.1. The number of nitrogens with zero attached hydrogens (tertiary/aromatic N) is 4. The fourth-order valence-electron chi connectivity index (χ4n) is 4.26. The Bertz CT molecular complexity index is 1340. The van der Waals surface area contributed by atoms with E-state index >= 15 is 0 Å². The van der Waals surface area contributed by atoms with Gasteiger partial charge in [-0.3, -0.25) is 13.7 Å². The molecule has 1 aromatic carbocycles. The Morgan fingerprint density at radius 1 is 1.31 bits per heavy atom. The van der Waals surface area contributed by atoms with E-state index in [1.54, 1.807) is 29.1 Å². The summed E-state index contributed by atoms with van der Waals surface area (Å²) >= 11 is 1.92. The summed E-state index contributed by atoms with van der Waals surface area (Å²) in [7, 11) is -4.08. The van der Waals surface area contributed by atoms with Crippen molar-refractivity contribution in [3.05, 3.63) is 74.9 Å². The zero-order valence-electron chi connectivity index (χ0n) is 18.4. The summed E-state index contributed by atoms with van der Waals surface area (Å²) in [6, 6.07) is 6.39. The van der Waals surface area contributed by atoms with Crippen molar-refractivity contribution in [2.24, 2.45) is 17.0 Å². The summed E-state index contributed by atoms with van der Waals surface area (Å²) in [6.07, 6.45) is 5.05. The quantitative estimate of drug-likeness (QED) is 0.274. The van der Waals surface area contributed by atoms with E-state index < -0.39 is 16.4 Å². The second kappa shape index (κ2) is 10.7. The molecule has 0 aliphatic heterocycles. The minimum Gasteiger partial charge on any atom is -0.393 e. The van der Waals surface area contributed by atoms with Crippen molar-refractivity contribution in [2.45, 2.75) is 31.9 Å². The van der Waals surface area contributed by atoms with Crippen molar-refractivity contribution < 1.29 is 26.9 Å². The van der Waals surface area contributed by atoms with E-state index in [0.717, 1.165) is 5.56 Å². The molecule has 0 radical (unpaired) electrons. The maximum absolute atomic E-state index is 13.5. The fourth-order valence-corrected chi connectivity index (χ4v) is 5.20. The van der Waals surface area contributed by atoms with Crippen molar-refractivity contribution in [3.8, 4) is 0 Å². The number of aromatic nitrogens is 4. The van der Waals surface area contributed by atoms with E-state index in [1.807, 2.05) is 22.6 Å². The van der Waals surface area contributed by atoms with E-state index in [-0.39, 0.29) is 35.7 Å². The maximum Gasteiger partial charge on any atom is 0.333 e. The van der Waals surface area contributed by atoms with Crippen LogP contribution in [0.2, 0.25) is 0 Å².